The van der Waals surface area contributed by atoms with Crippen molar-refractivity contribution in [3.63, 3.8) is 0 Å². The Hall–Kier alpha value is -1.76. The highest BCUT2D eigenvalue weighted by atomic mass is 19.4. The van der Waals surface area contributed by atoms with Crippen LogP contribution in [0, 0.1) is 0 Å². The molecule has 22 heavy (non-hydrogen) atoms. The number of amides is 2. The van der Waals surface area contributed by atoms with Gasteiger partial charge < -0.3 is 15.3 Å². The maximum absolute atomic E-state index is 12.7. The summed E-state index contributed by atoms with van der Waals surface area (Å²) in [5, 5.41) is 12.3. The van der Waals surface area contributed by atoms with E-state index in [9.17, 15) is 23.1 Å². The quantitative estimate of drug-likeness (QED) is 0.880. The van der Waals surface area contributed by atoms with E-state index in [1.54, 1.807) is 6.07 Å². The van der Waals surface area contributed by atoms with Crippen molar-refractivity contribution in [3.8, 4) is 0 Å². The van der Waals surface area contributed by atoms with Crippen molar-refractivity contribution in [2.75, 3.05) is 18.4 Å². The van der Waals surface area contributed by atoms with Gasteiger partial charge in [-0.3, -0.25) is 0 Å². The summed E-state index contributed by atoms with van der Waals surface area (Å²) in [4.78, 5) is 13.4. The van der Waals surface area contributed by atoms with Crippen LogP contribution in [-0.2, 0) is 6.42 Å². The Labute approximate surface area is 126 Å². The topological polar surface area (TPSA) is 52.6 Å². The molecular weight excluding hydrogens is 297 g/mol. The Balaban J connectivity index is 1.95. The standard InChI is InChI=1S/C15H19F3N2O2/c1-2-11-4-3-5-12(10-11)19-13(21)20-8-6-14(22,7-9-20)15(16,17)18/h3-5,10,22H,2,6-9H2,1H3,(H,19,21). The average Bonchev–Trinajstić information content (AvgIpc) is 2.47. The molecule has 1 fully saturated rings. The average molecular weight is 316 g/mol. The fourth-order valence-corrected chi connectivity index (χ4v) is 2.43. The molecule has 0 unspecified atom stereocenters. The minimum atomic E-state index is -4.66. The smallest absolute Gasteiger partial charge is 0.380 e. The van der Waals surface area contributed by atoms with Crippen LogP contribution in [0.25, 0.3) is 0 Å². The maximum Gasteiger partial charge on any atom is 0.417 e. The van der Waals surface area contributed by atoms with E-state index in [2.05, 4.69) is 5.32 Å². The number of piperidine rings is 1. The van der Waals surface area contributed by atoms with Gasteiger partial charge in [-0.25, -0.2) is 4.79 Å². The Morgan fingerprint density at radius 1 is 1.36 bits per heavy atom. The molecule has 2 N–H and O–H groups in total. The lowest BCUT2D eigenvalue weighted by atomic mass is 9.91. The lowest BCUT2D eigenvalue weighted by Crippen LogP contribution is -2.55. The molecule has 7 heteroatoms. The minimum absolute atomic E-state index is 0.130. The number of anilines is 1. The summed E-state index contributed by atoms with van der Waals surface area (Å²) in [7, 11) is 0. The van der Waals surface area contributed by atoms with Gasteiger partial charge >= 0.3 is 12.2 Å². The van der Waals surface area contributed by atoms with E-state index in [0.29, 0.717) is 5.69 Å². The van der Waals surface area contributed by atoms with E-state index in [1.165, 1.54) is 4.90 Å². The summed E-state index contributed by atoms with van der Waals surface area (Å²) in [6.45, 7) is 1.73. The minimum Gasteiger partial charge on any atom is -0.380 e. The summed E-state index contributed by atoms with van der Waals surface area (Å²) in [6.07, 6.45) is -4.84. The number of carbonyl (C=O) groups excluding carboxylic acids is 1. The van der Waals surface area contributed by atoms with Gasteiger partial charge in [-0.15, -0.1) is 0 Å². The third kappa shape index (κ3) is 3.52. The van der Waals surface area contributed by atoms with Crippen LogP contribution < -0.4 is 5.32 Å². The summed E-state index contributed by atoms with van der Waals surface area (Å²) in [5.41, 5.74) is -1.02. The highest BCUT2D eigenvalue weighted by molar-refractivity contribution is 5.89. The first-order valence-corrected chi connectivity index (χ1v) is 7.19. The number of hydrogen-bond acceptors (Lipinski definition) is 2. The number of urea groups is 1. The van der Waals surface area contributed by atoms with Gasteiger partial charge in [0.05, 0.1) is 0 Å². The Morgan fingerprint density at radius 3 is 2.55 bits per heavy atom. The van der Waals surface area contributed by atoms with Crippen molar-refractivity contribution in [1.82, 2.24) is 4.90 Å². The molecule has 1 aromatic rings. The van der Waals surface area contributed by atoms with Crippen molar-refractivity contribution in [2.45, 2.75) is 38.0 Å². The summed E-state index contributed by atoms with van der Waals surface area (Å²) in [5.74, 6) is 0. The van der Waals surface area contributed by atoms with Gasteiger partial charge in [-0.05, 0) is 24.1 Å². The van der Waals surface area contributed by atoms with Gasteiger partial charge in [0.15, 0.2) is 5.60 Å². The monoisotopic (exact) mass is 316 g/mol. The first-order valence-electron chi connectivity index (χ1n) is 7.19. The summed E-state index contributed by atoms with van der Waals surface area (Å²) < 4.78 is 38.1. The molecule has 2 amide bonds. The number of rotatable bonds is 2. The number of benzene rings is 1. The van der Waals surface area contributed by atoms with Gasteiger partial charge in [-0.2, -0.15) is 13.2 Å². The highest BCUT2D eigenvalue weighted by Gasteiger charge is 2.54. The number of alkyl halides is 3. The second-order valence-electron chi connectivity index (χ2n) is 5.50. The Kier molecular flexibility index (Phi) is 4.65. The second-order valence-corrected chi connectivity index (χ2v) is 5.50. The normalized spacial score (nSPS) is 18.1. The summed E-state index contributed by atoms with van der Waals surface area (Å²) >= 11 is 0. The molecule has 1 aromatic carbocycles. The van der Waals surface area contributed by atoms with E-state index in [1.807, 2.05) is 25.1 Å². The number of aliphatic hydroxyl groups is 1. The molecule has 1 saturated heterocycles. The number of aryl methyl sites for hydroxylation is 1. The van der Waals surface area contributed by atoms with Crippen LogP contribution in [-0.4, -0.2) is 40.9 Å². The Bertz CT molecular complexity index is 538. The van der Waals surface area contributed by atoms with Crippen molar-refractivity contribution < 1.29 is 23.1 Å². The van der Waals surface area contributed by atoms with Gasteiger partial charge in [0, 0.05) is 31.6 Å². The van der Waals surface area contributed by atoms with Crippen LogP contribution in [0.15, 0.2) is 24.3 Å². The molecule has 0 spiro atoms. The molecule has 0 bridgehead atoms. The lowest BCUT2D eigenvalue weighted by Gasteiger charge is -2.39. The third-order valence-electron chi connectivity index (χ3n) is 3.99. The first kappa shape index (κ1) is 16.6. The van der Waals surface area contributed by atoms with Gasteiger partial charge in [-0.1, -0.05) is 19.1 Å². The van der Waals surface area contributed by atoms with Gasteiger partial charge in [0.2, 0.25) is 0 Å². The van der Waals surface area contributed by atoms with Crippen molar-refractivity contribution in [1.29, 1.82) is 0 Å². The molecule has 122 valence electrons. The zero-order valence-corrected chi connectivity index (χ0v) is 12.3. The van der Waals surface area contributed by atoms with Crippen molar-refractivity contribution in [3.05, 3.63) is 29.8 Å². The predicted octanol–water partition coefficient (Wildman–Crippen LogP) is 3.17. The lowest BCUT2D eigenvalue weighted by molar-refractivity contribution is -0.271. The van der Waals surface area contributed by atoms with E-state index in [4.69, 9.17) is 0 Å². The molecule has 1 heterocycles. The van der Waals surface area contributed by atoms with Crippen LogP contribution in [0.3, 0.4) is 0 Å². The number of halogens is 3. The van der Waals surface area contributed by atoms with Gasteiger partial charge in [0.25, 0.3) is 0 Å². The highest BCUT2D eigenvalue weighted by Crippen LogP contribution is 2.38. The third-order valence-corrected chi connectivity index (χ3v) is 3.99. The Morgan fingerprint density at radius 2 is 2.00 bits per heavy atom. The molecule has 1 aliphatic heterocycles. The number of carbonyl (C=O) groups is 1. The van der Waals surface area contributed by atoms with E-state index in [0.717, 1.165) is 12.0 Å². The molecule has 2 rings (SSSR count). The van der Waals surface area contributed by atoms with Gasteiger partial charge in [0.1, 0.15) is 0 Å². The van der Waals surface area contributed by atoms with Crippen LogP contribution >= 0.6 is 0 Å². The SMILES string of the molecule is CCc1cccc(NC(=O)N2CCC(O)(C(F)(F)F)CC2)c1. The van der Waals surface area contributed by atoms with Crippen LogP contribution in [0.2, 0.25) is 0 Å². The second kappa shape index (κ2) is 6.16. The molecule has 0 aliphatic carbocycles. The molecular formula is C15H19F3N2O2. The van der Waals surface area contributed by atoms with E-state index in [-0.39, 0.29) is 13.1 Å². The van der Waals surface area contributed by atoms with Crippen molar-refractivity contribution >= 4 is 11.7 Å². The van der Waals surface area contributed by atoms with Crippen LogP contribution in [0.1, 0.15) is 25.3 Å². The first-order chi connectivity index (χ1) is 10.2. The van der Waals surface area contributed by atoms with Crippen molar-refractivity contribution in [2.24, 2.45) is 0 Å². The van der Waals surface area contributed by atoms with E-state index < -0.39 is 30.7 Å². The van der Waals surface area contributed by atoms with Crippen LogP contribution in [0.5, 0.6) is 0 Å². The number of nitrogens with one attached hydrogen (secondary N) is 1. The molecule has 0 aromatic heterocycles. The molecule has 0 atom stereocenters. The fraction of sp³-hybridized carbons (Fsp3) is 0.533. The number of likely N-dealkylation sites (tertiary alicyclic amines) is 1. The fourth-order valence-electron chi connectivity index (χ4n) is 2.43. The number of hydrogen-bond donors (Lipinski definition) is 2. The van der Waals surface area contributed by atoms with Crippen LogP contribution in [0.4, 0.5) is 23.7 Å². The largest absolute Gasteiger partial charge is 0.417 e. The van der Waals surface area contributed by atoms with E-state index >= 15 is 0 Å². The predicted molar refractivity (Wildman–Crippen MR) is 76.7 cm³/mol. The maximum atomic E-state index is 12.7. The molecule has 1 aliphatic rings. The zero-order valence-electron chi connectivity index (χ0n) is 12.3. The molecule has 4 nitrogen and oxygen atoms in total. The zero-order chi connectivity index (χ0) is 16.4. The summed E-state index contributed by atoms with van der Waals surface area (Å²) in [6, 6.07) is 6.85. The molecule has 0 saturated carbocycles. The molecule has 0 radical (unpaired) electrons. The number of nitrogens with zero attached hydrogens (tertiary/aromatic N) is 1.